The average molecular weight is 268 g/mol. The summed E-state index contributed by atoms with van der Waals surface area (Å²) in [5.41, 5.74) is 0.388. The standard InChI is InChI=1S/C12H12O7/c13-9(14)6-18-11(8-4-2-1-3-5-8)12(17)19-7-10(15)16/h1-5,11H,6-7H2,(H,13,14)(H,15,16)/t11-/m1/s1. The number of rotatable bonds is 7. The Morgan fingerprint density at radius 1 is 1.00 bits per heavy atom. The zero-order valence-corrected chi connectivity index (χ0v) is 9.81. The van der Waals surface area contributed by atoms with Gasteiger partial charge in [-0.25, -0.2) is 14.4 Å². The van der Waals surface area contributed by atoms with E-state index in [1.807, 2.05) is 0 Å². The number of hydrogen-bond donors (Lipinski definition) is 2. The normalized spacial score (nSPS) is 11.6. The Balaban J connectivity index is 2.77. The Bertz CT molecular complexity index is 454. The number of hydrogen-bond acceptors (Lipinski definition) is 5. The van der Waals surface area contributed by atoms with Gasteiger partial charge in [0.1, 0.15) is 6.61 Å². The van der Waals surface area contributed by atoms with E-state index < -0.39 is 37.2 Å². The van der Waals surface area contributed by atoms with Gasteiger partial charge in [0.15, 0.2) is 12.7 Å². The van der Waals surface area contributed by atoms with Crippen LogP contribution in [0.1, 0.15) is 11.7 Å². The predicted octanol–water partition coefficient (Wildman–Crippen LogP) is 0.457. The van der Waals surface area contributed by atoms with Crippen LogP contribution < -0.4 is 0 Å². The van der Waals surface area contributed by atoms with Crippen LogP contribution in [0, 0.1) is 0 Å². The number of esters is 1. The van der Waals surface area contributed by atoms with Gasteiger partial charge < -0.3 is 19.7 Å². The minimum absolute atomic E-state index is 0.388. The van der Waals surface area contributed by atoms with Crippen LogP contribution in [0.25, 0.3) is 0 Å². The van der Waals surface area contributed by atoms with Crippen molar-refractivity contribution in [1.82, 2.24) is 0 Å². The second-order valence-corrected chi connectivity index (χ2v) is 3.50. The highest BCUT2D eigenvalue weighted by Gasteiger charge is 2.24. The minimum atomic E-state index is -1.31. The fourth-order valence-electron chi connectivity index (χ4n) is 1.29. The molecule has 0 aromatic heterocycles. The van der Waals surface area contributed by atoms with Crippen molar-refractivity contribution in [2.24, 2.45) is 0 Å². The number of carbonyl (C=O) groups is 3. The zero-order chi connectivity index (χ0) is 14.3. The summed E-state index contributed by atoms with van der Waals surface area (Å²) in [6.07, 6.45) is -1.27. The van der Waals surface area contributed by atoms with Gasteiger partial charge in [0.25, 0.3) is 0 Å². The molecule has 1 atom stereocenters. The van der Waals surface area contributed by atoms with Crippen molar-refractivity contribution in [3.05, 3.63) is 35.9 Å². The molecule has 0 fully saturated rings. The molecule has 0 aliphatic carbocycles. The van der Waals surface area contributed by atoms with Gasteiger partial charge in [0.05, 0.1) is 0 Å². The molecule has 102 valence electrons. The smallest absolute Gasteiger partial charge is 0.341 e. The largest absolute Gasteiger partial charge is 0.480 e. The van der Waals surface area contributed by atoms with Crippen molar-refractivity contribution in [3.8, 4) is 0 Å². The molecule has 0 bridgehead atoms. The van der Waals surface area contributed by atoms with Crippen LogP contribution in [0.4, 0.5) is 0 Å². The lowest BCUT2D eigenvalue weighted by Crippen LogP contribution is -2.24. The van der Waals surface area contributed by atoms with E-state index in [1.54, 1.807) is 30.3 Å². The number of carboxylic acid groups (broad SMARTS) is 2. The summed E-state index contributed by atoms with van der Waals surface area (Å²) in [5, 5.41) is 17.0. The van der Waals surface area contributed by atoms with E-state index in [9.17, 15) is 14.4 Å². The van der Waals surface area contributed by atoms with E-state index >= 15 is 0 Å². The summed E-state index contributed by atoms with van der Waals surface area (Å²) in [7, 11) is 0. The van der Waals surface area contributed by atoms with Crippen molar-refractivity contribution in [3.63, 3.8) is 0 Å². The number of carboxylic acids is 2. The van der Waals surface area contributed by atoms with Crippen LogP contribution in [-0.2, 0) is 23.9 Å². The second-order valence-electron chi connectivity index (χ2n) is 3.50. The Kier molecular flexibility index (Phi) is 5.49. The topological polar surface area (TPSA) is 110 Å². The molecule has 0 aliphatic heterocycles. The third kappa shape index (κ3) is 5.17. The minimum Gasteiger partial charge on any atom is -0.480 e. The van der Waals surface area contributed by atoms with Gasteiger partial charge in [0, 0.05) is 0 Å². The van der Waals surface area contributed by atoms with Crippen molar-refractivity contribution in [2.75, 3.05) is 13.2 Å². The molecule has 0 saturated carbocycles. The molecule has 7 heteroatoms. The van der Waals surface area contributed by atoms with E-state index in [0.717, 1.165) is 0 Å². The molecule has 0 radical (unpaired) electrons. The van der Waals surface area contributed by atoms with Crippen molar-refractivity contribution < 1.29 is 34.1 Å². The van der Waals surface area contributed by atoms with Crippen LogP contribution >= 0.6 is 0 Å². The van der Waals surface area contributed by atoms with Gasteiger partial charge >= 0.3 is 17.9 Å². The Labute approximate surface area is 108 Å². The Hall–Kier alpha value is -2.41. The van der Waals surface area contributed by atoms with Crippen molar-refractivity contribution in [1.29, 1.82) is 0 Å². The number of benzene rings is 1. The van der Waals surface area contributed by atoms with Crippen LogP contribution in [0.5, 0.6) is 0 Å². The first-order valence-electron chi connectivity index (χ1n) is 5.27. The summed E-state index contributed by atoms with van der Waals surface area (Å²) < 4.78 is 9.41. The maximum absolute atomic E-state index is 11.7. The molecule has 1 rings (SSSR count). The molecule has 0 aliphatic rings. The molecule has 1 aromatic rings. The summed E-state index contributed by atoms with van der Waals surface area (Å²) in [6.45, 7) is -1.50. The van der Waals surface area contributed by atoms with E-state index in [0.29, 0.717) is 5.56 Å². The van der Waals surface area contributed by atoms with Gasteiger partial charge in [-0.05, 0) is 5.56 Å². The molecular weight excluding hydrogens is 256 g/mol. The van der Waals surface area contributed by atoms with Crippen LogP contribution in [-0.4, -0.2) is 41.3 Å². The Morgan fingerprint density at radius 3 is 2.11 bits per heavy atom. The third-order valence-electron chi connectivity index (χ3n) is 2.03. The van der Waals surface area contributed by atoms with Gasteiger partial charge in [-0.2, -0.15) is 0 Å². The lowest BCUT2D eigenvalue weighted by atomic mass is 10.1. The SMILES string of the molecule is O=C(O)COC(=O)[C@H](OCC(=O)O)c1ccccc1. The zero-order valence-electron chi connectivity index (χ0n) is 9.81. The summed E-state index contributed by atoms with van der Waals surface area (Å²) in [6, 6.07) is 8.08. The molecule has 0 amide bonds. The first-order valence-corrected chi connectivity index (χ1v) is 5.27. The first-order chi connectivity index (χ1) is 9.00. The van der Waals surface area contributed by atoms with Crippen molar-refractivity contribution in [2.45, 2.75) is 6.10 Å². The van der Waals surface area contributed by atoms with Crippen LogP contribution in [0.2, 0.25) is 0 Å². The van der Waals surface area contributed by atoms with Gasteiger partial charge in [-0.3, -0.25) is 0 Å². The molecule has 0 saturated heterocycles. The number of aliphatic carboxylic acids is 2. The second kappa shape index (κ2) is 7.12. The van der Waals surface area contributed by atoms with Gasteiger partial charge in [-0.1, -0.05) is 30.3 Å². The number of carbonyl (C=O) groups excluding carboxylic acids is 1. The predicted molar refractivity (Wildman–Crippen MR) is 61.4 cm³/mol. The summed E-state index contributed by atoms with van der Waals surface area (Å²) >= 11 is 0. The summed E-state index contributed by atoms with van der Waals surface area (Å²) in [5.74, 6) is -3.50. The molecule has 0 heterocycles. The molecular formula is C12H12O7. The first kappa shape index (κ1) is 14.7. The van der Waals surface area contributed by atoms with E-state index in [-0.39, 0.29) is 0 Å². The van der Waals surface area contributed by atoms with Gasteiger partial charge in [0.2, 0.25) is 0 Å². The fourth-order valence-corrected chi connectivity index (χ4v) is 1.29. The highest BCUT2D eigenvalue weighted by atomic mass is 16.6. The highest BCUT2D eigenvalue weighted by Crippen LogP contribution is 2.18. The Morgan fingerprint density at radius 2 is 1.58 bits per heavy atom. The summed E-state index contributed by atoms with van der Waals surface area (Å²) in [4.78, 5) is 32.4. The highest BCUT2D eigenvalue weighted by molar-refractivity contribution is 5.80. The monoisotopic (exact) mass is 268 g/mol. The molecule has 1 aromatic carbocycles. The average Bonchev–Trinajstić information content (AvgIpc) is 2.37. The van der Waals surface area contributed by atoms with Crippen LogP contribution in [0.15, 0.2) is 30.3 Å². The maximum Gasteiger partial charge on any atom is 0.341 e. The molecule has 2 N–H and O–H groups in total. The molecule has 7 nitrogen and oxygen atoms in total. The van der Waals surface area contributed by atoms with E-state index in [2.05, 4.69) is 4.74 Å². The molecule has 19 heavy (non-hydrogen) atoms. The van der Waals surface area contributed by atoms with E-state index in [4.69, 9.17) is 14.9 Å². The lowest BCUT2D eigenvalue weighted by Gasteiger charge is -2.15. The number of ether oxygens (including phenoxy) is 2. The fraction of sp³-hybridized carbons (Fsp3) is 0.250. The molecule has 0 spiro atoms. The molecule has 0 unspecified atom stereocenters. The third-order valence-corrected chi connectivity index (χ3v) is 2.03. The quantitative estimate of drug-likeness (QED) is 0.691. The van der Waals surface area contributed by atoms with Crippen molar-refractivity contribution >= 4 is 17.9 Å². The van der Waals surface area contributed by atoms with E-state index in [1.165, 1.54) is 0 Å². The van der Waals surface area contributed by atoms with Crippen LogP contribution in [0.3, 0.4) is 0 Å². The lowest BCUT2D eigenvalue weighted by molar-refractivity contribution is -0.167. The van der Waals surface area contributed by atoms with Gasteiger partial charge in [-0.15, -0.1) is 0 Å². The maximum atomic E-state index is 11.7.